The molecule has 6 heteroatoms. The zero-order valence-electron chi connectivity index (χ0n) is 15.9. The molecule has 0 N–H and O–H groups in total. The fourth-order valence-corrected chi connectivity index (χ4v) is 4.82. The first-order chi connectivity index (χ1) is 13.7. The number of hydrogen-bond acceptors (Lipinski definition) is 5. The van der Waals surface area contributed by atoms with Gasteiger partial charge in [-0.1, -0.05) is 18.2 Å². The molecule has 0 radical (unpaired) electrons. The molecule has 0 bridgehead atoms. The van der Waals surface area contributed by atoms with Crippen molar-refractivity contribution in [1.82, 2.24) is 9.88 Å². The number of rotatable bonds is 5. The molecule has 4 rings (SSSR count). The molecule has 1 amide bonds. The summed E-state index contributed by atoms with van der Waals surface area (Å²) in [5.41, 5.74) is 3.11. The molecule has 0 aliphatic carbocycles. The van der Waals surface area contributed by atoms with Gasteiger partial charge in [-0.3, -0.25) is 4.79 Å². The van der Waals surface area contributed by atoms with Crippen molar-refractivity contribution >= 4 is 34.7 Å². The van der Waals surface area contributed by atoms with Crippen molar-refractivity contribution in [3.05, 3.63) is 76.2 Å². The van der Waals surface area contributed by atoms with Gasteiger partial charge in [0.2, 0.25) is 0 Å². The van der Waals surface area contributed by atoms with E-state index < -0.39 is 0 Å². The Morgan fingerprint density at radius 1 is 1.04 bits per heavy atom. The Morgan fingerprint density at radius 2 is 1.75 bits per heavy atom. The van der Waals surface area contributed by atoms with Crippen molar-refractivity contribution in [1.29, 1.82) is 0 Å². The maximum atomic E-state index is 12.8. The van der Waals surface area contributed by atoms with Crippen LogP contribution in [0.1, 0.15) is 21.1 Å². The molecule has 1 saturated heterocycles. The van der Waals surface area contributed by atoms with Gasteiger partial charge in [0.15, 0.2) is 0 Å². The number of aryl methyl sites for hydroxylation is 1. The van der Waals surface area contributed by atoms with E-state index in [1.54, 1.807) is 23.1 Å². The normalized spacial score (nSPS) is 14.3. The minimum absolute atomic E-state index is 0.124. The fraction of sp³-hybridized carbons (Fsp3) is 0.273. The van der Waals surface area contributed by atoms with E-state index in [9.17, 15) is 4.79 Å². The maximum absolute atomic E-state index is 12.8. The van der Waals surface area contributed by atoms with Gasteiger partial charge < -0.3 is 9.80 Å². The highest BCUT2D eigenvalue weighted by Crippen LogP contribution is 2.24. The van der Waals surface area contributed by atoms with Crippen LogP contribution in [0.2, 0.25) is 0 Å². The van der Waals surface area contributed by atoms with Gasteiger partial charge in [-0.15, -0.1) is 23.1 Å². The lowest BCUT2D eigenvalue weighted by Gasteiger charge is -2.36. The molecule has 0 atom stereocenters. The first-order valence-electron chi connectivity index (χ1n) is 9.42. The van der Waals surface area contributed by atoms with Crippen molar-refractivity contribution in [3.63, 3.8) is 0 Å². The Bertz CT molecular complexity index is 916. The van der Waals surface area contributed by atoms with Crippen LogP contribution in [-0.2, 0) is 5.75 Å². The molecule has 0 unspecified atom stereocenters. The summed E-state index contributed by atoms with van der Waals surface area (Å²) in [4.78, 5) is 22.8. The first kappa shape index (κ1) is 19.0. The molecule has 144 valence electrons. The Balaban J connectivity index is 1.31. The number of amides is 1. The number of thiazole rings is 1. The van der Waals surface area contributed by atoms with E-state index >= 15 is 0 Å². The number of aromatic nitrogens is 1. The van der Waals surface area contributed by atoms with E-state index in [-0.39, 0.29) is 5.91 Å². The predicted octanol–water partition coefficient (Wildman–Crippen LogP) is 4.71. The quantitative estimate of drug-likeness (QED) is 0.572. The monoisotopic (exact) mass is 409 g/mol. The summed E-state index contributed by atoms with van der Waals surface area (Å²) in [6.45, 7) is 5.28. The molecule has 3 aromatic rings. The smallest absolute Gasteiger partial charge is 0.253 e. The second-order valence-electron chi connectivity index (χ2n) is 6.79. The zero-order chi connectivity index (χ0) is 19.3. The van der Waals surface area contributed by atoms with Gasteiger partial charge in [-0.2, -0.15) is 0 Å². The summed E-state index contributed by atoms with van der Waals surface area (Å²) < 4.78 is 0. The summed E-state index contributed by atoms with van der Waals surface area (Å²) >= 11 is 3.44. The highest BCUT2D eigenvalue weighted by molar-refractivity contribution is 7.98. The highest BCUT2D eigenvalue weighted by Gasteiger charge is 2.22. The summed E-state index contributed by atoms with van der Waals surface area (Å²) in [5.74, 6) is 0.985. The minimum Gasteiger partial charge on any atom is -0.368 e. The van der Waals surface area contributed by atoms with Crippen LogP contribution in [0.3, 0.4) is 0 Å². The summed E-state index contributed by atoms with van der Waals surface area (Å²) in [6.07, 6.45) is 0. The minimum atomic E-state index is 0.124. The largest absolute Gasteiger partial charge is 0.368 e. The SMILES string of the molecule is Cc1nc(CSc2ccc(C(=O)N3CCN(c4ccccc4)CC3)cc2)cs1. The topological polar surface area (TPSA) is 36.4 Å². The number of hydrogen-bond donors (Lipinski definition) is 0. The molecule has 1 aliphatic heterocycles. The third kappa shape index (κ3) is 4.56. The van der Waals surface area contributed by atoms with Crippen LogP contribution in [0.5, 0.6) is 0 Å². The van der Waals surface area contributed by atoms with Gasteiger partial charge in [-0.25, -0.2) is 4.98 Å². The van der Waals surface area contributed by atoms with E-state index in [4.69, 9.17) is 0 Å². The van der Waals surface area contributed by atoms with E-state index in [0.29, 0.717) is 0 Å². The molecule has 1 aliphatic rings. The second kappa shape index (κ2) is 8.80. The van der Waals surface area contributed by atoms with Gasteiger partial charge in [0.1, 0.15) is 0 Å². The highest BCUT2D eigenvalue weighted by atomic mass is 32.2. The van der Waals surface area contributed by atoms with Crippen LogP contribution in [0.4, 0.5) is 5.69 Å². The molecule has 1 fully saturated rings. The lowest BCUT2D eigenvalue weighted by atomic mass is 10.1. The van der Waals surface area contributed by atoms with E-state index in [0.717, 1.165) is 53.1 Å². The van der Waals surface area contributed by atoms with Crippen molar-refractivity contribution in [2.24, 2.45) is 0 Å². The van der Waals surface area contributed by atoms with Crippen molar-refractivity contribution < 1.29 is 4.79 Å². The van der Waals surface area contributed by atoms with Crippen LogP contribution in [0.25, 0.3) is 0 Å². The number of carbonyl (C=O) groups excluding carboxylic acids is 1. The van der Waals surface area contributed by atoms with Crippen LogP contribution in [0.15, 0.2) is 64.9 Å². The van der Waals surface area contributed by atoms with Crippen LogP contribution in [0, 0.1) is 6.92 Å². The second-order valence-corrected chi connectivity index (χ2v) is 8.90. The van der Waals surface area contributed by atoms with E-state index in [2.05, 4.69) is 39.5 Å². The van der Waals surface area contributed by atoms with Gasteiger partial charge >= 0.3 is 0 Å². The van der Waals surface area contributed by atoms with E-state index in [1.165, 1.54) is 5.69 Å². The van der Waals surface area contributed by atoms with E-state index in [1.807, 2.05) is 42.2 Å². The number of carbonyl (C=O) groups is 1. The van der Waals surface area contributed by atoms with Crippen molar-refractivity contribution in [3.8, 4) is 0 Å². The van der Waals surface area contributed by atoms with Crippen LogP contribution in [-0.4, -0.2) is 42.0 Å². The molecule has 2 heterocycles. The summed E-state index contributed by atoms with van der Waals surface area (Å²) in [5, 5.41) is 3.21. The number of para-hydroxylation sites is 1. The molecule has 28 heavy (non-hydrogen) atoms. The molecule has 4 nitrogen and oxygen atoms in total. The number of benzene rings is 2. The third-order valence-electron chi connectivity index (χ3n) is 4.84. The van der Waals surface area contributed by atoms with Crippen LogP contribution >= 0.6 is 23.1 Å². The molecule has 2 aromatic carbocycles. The van der Waals surface area contributed by atoms with Crippen molar-refractivity contribution in [2.45, 2.75) is 17.6 Å². The van der Waals surface area contributed by atoms with Crippen molar-refractivity contribution in [2.75, 3.05) is 31.1 Å². The zero-order valence-corrected chi connectivity index (χ0v) is 17.5. The summed E-state index contributed by atoms with van der Waals surface area (Å²) in [7, 11) is 0. The molecular weight excluding hydrogens is 386 g/mol. The fourth-order valence-electron chi connectivity index (χ4n) is 3.31. The average molecular weight is 410 g/mol. The predicted molar refractivity (Wildman–Crippen MR) is 117 cm³/mol. The Morgan fingerprint density at radius 3 is 2.39 bits per heavy atom. The average Bonchev–Trinajstić information content (AvgIpc) is 3.18. The lowest BCUT2D eigenvalue weighted by molar-refractivity contribution is 0.0746. The third-order valence-corrected chi connectivity index (χ3v) is 6.71. The number of nitrogens with zero attached hydrogens (tertiary/aromatic N) is 3. The Labute approximate surface area is 174 Å². The Hall–Kier alpha value is -2.31. The Kier molecular flexibility index (Phi) is 5.98. The summed E-state index contributed by atoms with van der Waals surface area (Å²) in [6, 6.07) is 18.4. The van der Waals surface area contributed by atoms with Gasteiger partial charge in [-0.05, 0) is 43.3 Å². The van der Waals surface area contributed by atoms with Gasteiger partial charge in [0.05, 0.1) is 10.7 Å². The first-order valence-corrected chi connectivity index (χ1v) is 11.3. The van der Waals surface area contributed by atoms with Gasteiger partial charge in [0.25, 0.3) is 5.91 Å². The van der Waals surface area contributed by atoms with Gasteiger partial charge in [0, 0.05) is 53.5 Å². The lowest BCUT2D eigenvalue weighted by Crippen LogP contribution is -2.48. The number of thioether (sulfide) groups is 1. The molecule has 0 spiro atoms. The number of anilines is 1. The maximum Gasteiger partial charge on any atom is 0.253 e. The van der Waals surface area contributed by atoms with Crippen LogP contribution < -0.4 is 4.90 Å². The number of piperazine rings is 1. The molecule has 1 aromatic heterocycles. The molecular formula is C22H23N3OS2. The standard InChI is InChI=1S/C22H23N3OS2/c1-17-23-19(15-27-17)16-28-21-9-7-18(8-10-21)22(26)25-13-11-24(12-14-25)20-5-3-2-4-6-20/h2-10,15H,11-14,16H2,1H3. The molecule has 0 saturated carbocycles.